The summed E-state index contributed by atoms with van der Waals surface area (Å²) in [5.41, 5.74) is 7.67. The zero-order valence-electron chi connectivity index (χ0n) is 18.3. The van der Waals surface area contributed by atoms with E-state index < -0.39 is 30.5 Å². The van der Waals surface area contributed by atoms with Crippen LogP contribution in [0.25, 0.3) is 11.2 Å². The van der Waals surface area contributed by atoms with Gasteiger partial charge in [0.25, 0.3) is 0 Å². The third-order valence-corrected chi connectivity index (χ3v) is 5.80. The smallest absolute Gasteiger partial charge is 0.338 e. The lowest BCUT2D eigenvalue weighted by Crippen LogP contribution is -2.34. The highest BCUT2D eigenvalue weighted by Crippen LogP contribution is 2.32. The number of benzene rings is 2. The zero-order chi connectivity index (χ0) is 24.5. The highest BCUT2D eigenvalue weighted by Gasteiger charge is 2.45. The molecule has 1 saturated heterocycles. The summed E-state index contributed by atoms with van der Waals surface area (Å²) in [7, 11) is 0. The number of ether oxygens (including phenoxy) is 2. The molecule has 1 fully saturated rings. The number of anilines is 1. The molecular weight excluding hydrogens is 454 g/mol. The predicted octanol–water partition coefficient (Wildman–Crippen LogP) is 1.12. The van der Waals surface area contributed by atoms with Gasteiger partial charge in [-0.3, -0.25) is 9.36 Å². The van der Waals surface area contributed by atoms with E-state index in [-0.39, 0.29) is 23.8 Å². The lowest BCUT2D eigenvalue weighted by molar-refractivity contribution is -0.0565. The first kappa shape index (κ1) is 22.6. The Bertz CT molecular complexity index is 1370. The molecule has 4 atom stereocenters. The second-order valence-corrected chi connectivity index (χ2v) is 8.00. The van der Waals surface area contributed by atoms with Gasteiger partial charge < -0.3 is 25.4 Å². The van der Waals surface area contributed by atoms with Crippen LogP contribution in [0.15, 0.2) is 67.3 Å². The van der Waals surface area contributed by atoms with E-state index in [1.165, 1.54) is 29.4 Å². The van der Waals surface area contributed by atoms with E-state index in [4.69, 9.17) is 15.2 Å². The van der Waals surface area contributed by atoms with E-state index in [0.29, 0.717) is 22.3 Å². The van der Waals surface area contributed by atoms with Crippen molar-refractivity contribution in [1.82, 2.24) is 19.5 Å². The van der Waals surface area contributed by atoms with Gasteiger partial charge in [-0.1, -0.05) is 42.5 Å². The molecule has 4 N–H and O–H groups in total. The number of fused-ring (bicyclic) bond motifs is 1. The van der Waals surface area contributed by atoms with E-state index in [0.717, 1.165) is 0 Å². The van der Waals surface area contributed by atoms with Crippen LogP contribution in [0.5, 0.6) is 0 Å². The van der Waals surface area contributed by atoms with Crippen molar-refractivity contribution >= 4 is 28.7 Å². The van der Waals surface area contributed by atoms with Gasteiger partial charge in [-0.05, 0) is 12.1 Å². The molecule has 11 nitrogen and oxygen atoms in total. The largest absolute Gasteiger partial charge is 0.459 e. The van der Waals surface area contributed by atoms with Gasteiger partial charge in [0, 0.05) is 11.1 Å². The molecule has 0 spiro atoms. The Labute approximate surface area is 198 Å². The van der Waals surface area contributed by atoms with Gasteiger partial charge in [0.1, 0.15) is 36.8 Å². The number of aliphatic hydroxyl groups is 2. The number of rotatable bonds is 6. The normalized spacial score (nSPS) is 21.8. The molecule has 11 heteroatoms. The molecule has 2 aromatic carbocycles. The molecule has 2 aromatic heterocycles. The molecule has 0 saturated carbocycles. The Hall–Kier alpha value is -4.19. The molecule has 0 bridgehead atoms. The highest BCUT2D eigenvalue weighted by molar-refractivity contribution is 6.09. The van der Waals surface area contributed by atoms with Gasteiger partial charge in [-0.15, -0.1) is 0 Å². The fourth-order valence-corrected chi connectivity index (χ4v) is 3.91. The van der Waals surface area contributed by atoms with E-state index in [2.05, 4.69) is 15.0 Å². The Morgan fingerprint density at radius 3 is 2.37 bits per heavy atom. The van der Waals surface area contributed by atoms with E-state index in [9.17, 15) is 19.8 Å². The maximum Gasteiger partial charge on any atom is 0.338 e. The monoisotopic (exact) mass is 475 g/mol. The first-order valence-corrected chi connectivity index (χ1v) is 10.8. The van der Waals surface area contributed by atoms with Crippen molar-refractivity contribution in [2.75, 3.05) is 12.3 Å². The van der Waals surface area contributed by atoms with E-state index in [1.807, 2.05) is 6.07 Å². The number of nitrogen functional groups attached to an aromatic ring is 1. The average Bonchev–Trinajstić information content (AvgIpc) is 3.44. The summed E-state index contributed by atoms with van der Waals surface area (Å²) in [6.45, 7) is -0.304. The van der Waals surface area contributed by atoms with Crippen LogP contribution in [0, 0.1) is 0 Å². The van der Waals surface area contributed by atoms with Gasteiger partial charge in [0.15, 0.2) is 23.5 Å². The number of hydrogen-bond donors (Lipinski definition) is 3. The molecule has 178 valence electrons. The molecule has 3 heterocycles. The number of carbonyl (C=O) groups is 2. The number of aromatic nitrogens is 4. The number of ketones is 1. The minimum Gasteiger partial charge on any atom is -0.459 e. The van der Waals surface area contributed by atoms with Crippen LogP contribution in [0.4, 0.5) is 5.82 Å². The fraction of sp³-hybridized carbons (Fsp3) is 0.208. The van der Waals surface area contributed by atoms with Gasteiger partial charge in [-0.25, -0.2) is 19.7 Å². The number of nitrogens with zero attached hydrogens (tertiary/aromatic N) is 4. The van der Waals surface area contributed by atoms with Crippen LogP contribution in [0.1, 0.15) is 32.5 Å². The van der Waals surface area contributed by atoms with Gasteiger partial charge >= 0.3 is 5.97 Å². The summed E-state index contributed by atoms with van der Waals surface area (Å²) in [6, 6.07) is 14.9. The Balaban J connectivity index is 1.23. The zero-order valence-corrected chi connectivity index (χ0v) is 18.3. The Morgan fingerprint density at radius 1 is 0.943 bits per heavy atom. The van der Waals surface area contributed by atoms with Crippen molar-refractivity contribution in [3.8, 4) is 0 Å². The Kier molecular flexibility index (Phi) is 5.95. The SMILES string of the molecule is Nc1ncnc2c1ncn2[C@@H]1O[C@H](COC(=O)c2ccc(C(=O)c3ccccc3)cc2)[C@@H](O)[C@H]1O. The van der Waals surface area contributed by atoms with Crippen LogP contribution in [-0.4, -0.2) is 66.4 Å². The molecule has 0 radical (unpaired) electrons. The molecule has 35 heavy (non-hydrogen) atoms. The molecule has 1 aliphatic heterocycles. The lowest BCUT2D eigenvalue weighted by Gasteiger charge is -2.16. The number of aliphatic hydroxyl groups excluding tert-OH is 2. The lowest BCUT2D eigenvalue weighted by atomic mass is 10.0. The summed E-state index contributed by atoms with van der Waals surface area (Å²) < 4.78 is 12.5. The predicted molar refractivity (Wildman–Crippen MR) is 122 cm³/mol. The highest BCUT2D eigenvalue weighted by atomic mass is 16.6. The van der Waals surface area contributed by atoms with E-state index in [1.54, 1.807) is 36.4 Å². The molecule has 0 aliphatic carbocycles. The first-order valence-electron chi connectivity index (χ1n) is 10.8. The van der Waals surface area contributed by atoms with Crippen molar-refractivity contribution in [1.29, 1.82) is 0 Å². The summed E-state index contributed by atoms with van der Waals surface area (Å²) in [5, 5.41) is 21.0. The van der Waals surface area contributed by atoms with Crippen LogP contribution in [-0.2, 0) is 9.47 Å². The molecule has 5 rings (SSSR count). The molecule has 1 aliphatic rings. The maximum absolute atomic E-state index is 12.5. The van der Waals surface area contributed by atoms with Crippen LogP contribution < -0.4 is 5.73 Å². The van der Waals surface area contributed by atoms with Crippen LogP contribution in [0.2, 0.25) is 0 Å². The average molecular weight is 475 g/mol. The number of hydrogen-bond acceptors (Lipinski definition) is 10. The second kappa shape index (κ2) is 9.22. The second-order valence-electron chi connectivity index (χ2n) is 8.00. The molecule has 0 unspecified atom stereocenters. The number of imidazole rings is 1. The molecular formula is C24H21N5O6. The molecule has 0 amide bonds. The van der Waals surface area contributed by atoms with Crippen LogP contribution in [0.3, 0.4) is 0 Å². The van der Waals surface area contributed by atoms with Gasteiger partial charge in [0.2, 0.25) is 0 Å². The van der Waals surface area contributed by atoms with E-state index >= 15 is 0 Å². The van der Waals surface area contributed by atoms with Crippen molar-refractivity contribution in [2.45, 2.75) is 24.5 Å². The quantitative estimate of drug-likeness (QED) is 0.272. The minimum absolute atomic E-state index is 0.160. The summed E-state index contributed by atoms with van der Waals surface area (Å²) in [5.74, 6) is -0.651. The third kappa shape index (κ3) is 4.23. The van der Waals surface area contributed by atoms with Crippen molar-refractivity contribution < 1.29 is 29.3 Å². The van der Waals surface area contributed by atoms with Gasteiger partial charge in [-0.2, -0.15) is 0 Å². The van der Waals surface area contributed by atoms with Crippen molar-refractivity contribution in [2.24, 2.45) is 0 Å². The molecule has 4 aromatic rings. The van der Waals surface area contributed by atoms with Crippen molar-refractivity contribution in [3.63, 3.8) is 0 Å². The minimum atomic E-state index is -1.32. The summed E-state index contributed by atoms with van der Waals surface area (Å²) in [6.07, 6.45) is -2.02. The standard InChI is InChI=1S/C24H21N5O6/c25-21-17-22(27-11-26-21)29(12-28-17)23-20(32)19(31)16(35-23)10-34-24(33)15-8-6-14(7-9-15)18(30)13-4-2-1-3-5-13/h1-9,11-12,16,19-20,23,31-32H,10H2,(H2,25,26,27)/t16-,19-,20-,23-/m1/s1. The summed E-state index contributed by atoms with van der Waals surface area (Å²) >= 11 is 0. The summed E-state index contributed by atoms with van der Waals surface area (Å²) in [4.78, 5) is 37.1. The first-order chi connectivity index (χ1) is 16.9. The maximum atomic E-state index is 12.5. The number of esters is 1. The fourth-order valence-electron chi connectivity index (χ4n) is 3.91. The number of nitrogens with two attached hydrogens (primary N) is 1. The Morgan fingerprint density at radius 2 is 1.63 bits per heavy atom. The third-order valence-electron chi connectivity index (χ3n) is 5.80. The van der Waals surface area contributed by atoms with Crippen LogP contribution >= 0.6 is 0 Å². The topological polar surface area (TPSA) is 163 Å². The van der Waals surface area contributed by atoms with Crippen molar-refractivity contribution in [3.05, 3.63) is 83.9 Å². The van der Waals surface area contributed by atoms with Gasteiger partial charge in [0.05, 0.1) is 11.9 Å². The number of carbonyl (C=O) groups excluding carboxylic acids is 2.